The molecule has 50 valence electrons. The summed E-state index contributed by atoms with van der Waals surface area (Å²) in [5, 5.41) is 9.41. The van der Waals surface area contributed by atoms with Crippen molar-refractivity contribution in [3.8, 4) is 0 Å². The maximum absolute atomic E-state index is 8.68. The van der Waals surface area contributed by atoms with Gasteiger partial charge in [0.05, 0.1) is 0 Å². The molecule has 0 aromatic rings. The number of alkyl halides is 2. The summed E-state index contributed by atoms with van der Waals surface area (Å²) in [4.78, 5) is 0. The fraction of sp³-hybridized carbons (Fsp3) is 1.00. The minimum Gasteiger partial charge on any atom is -0.382 e. The Bertz CT molecular complexity index is 47.7. The summed E-state index contributed by atoms with van der Waals surface area (Å²) in [6.45, 7) is 0. The average molecular weight is 246 g/mol. The average Bonchev–Trinajstić information content (AvgIpc) is 1.66. The lowest BCUT2D eigenvalue weighted by Crippen LogP contribution is -1.93. The van der Waals surface area contributed by atoms with Crippen LogP contribution in [0, 0.1) is 0 Å². The van der Waals surface area contributed by atoms with E-state index < -0.39 is 0 Å². The number of unbranched alkanes of at least 4 members (excludes halogenated alkanes) is 1. The first-order valence-corrected chi connectivity index (χ1v) is 4.69. The third-order valence-corrected chi connectivity index (χ3v) is 1.84. The molecular weight excluding hydrogens is 236 g/mol. The summed E-state index contributed by atoms with van der Waals surface area (Å²) in [5.41, 5.74) is 0. The second-order valence-corrected chi connectivity index (χ2v) is 3.47. The van der Waals surface area contributed by atoms with E-state index in [1.54, 1.807) is 0 Å². The van der Waals surface area contributed by atoms with Crippen LogP contribution in [0.1, 0.15) is 19.3 Å². The molecule has 0 saturated carbocycles. The van der Waals surface area contributed by atoms with Gasteiger partial charge < -0.3 is 5.11 Å². The fourth-order valence-corrected chi connectivity index (χ4v) is 1.13. The molecule has 1 unspecified atom stereocenters. The summed E-state index contributed by atoms with van der Waals surface area (Å²) < 4.78 is 0. The molecule has 0 fully saturated rings. The molecule has 0 heterocycles. The molecule has 0 saturated heterocycles. The lowest BCUT2D eigenvalue weighted by Gasteiger charge is -1.98. The van der Waals surface area contributed by atoms with Gasteiger partial charge in [0.25, 0.3) is 0 Å². The van der Waals surface area contributed by atoms with Gasteiger partial charge in [0.1, 0.15) is 5.01 Å². The molecular formula is C5H10Br2O. The van der Waals surface area contributed by atoms with Gasteiger partial charge in [-0.15, -0.1) is 0 Å². The normalized spacial score (nSPS) is 13.9. The molecule has 8 heavy (non-hydrogen) atoms. The minimum absolute atomic E-state index is 0.304. The van der Waals surface area contributed by atoms with Crippen molar-refractivity contribution < 1.29 is 5.11 Å². The third-order valence-electron chi connectivity index (χ3n) is 0.826. The highest BCUT2D eigenvalue weighted by Crippen LogP contribution is 2.06. The zero-order valence-corrected chi connectivity index (χ0v) is 7.78. The summed E-state index contributed by atoms with van der Waals surface area (Å²) in [6.07, 6.45) is 3.08. The Morgan fingerprint density at radius 1 is 1.38 bits per heavy atom. The van der Waals surface area contributed by atoms with Gasteiger partial charge >= 0.3 is 0 Å². The molecule has 0 aliphatic carbocycles. The molecule has 0 amide bonds. The van der Waals surface area contributed by atoms with Crippen LogP contribution in [-0.2, 0) is 0 Å². The molecule has 3 heteroatoms. The van der Waals surface area contributed by atoms with E-state index in [-0.39, 0.29) is 5.01 Å². The third kappa shape index (κ3) is 6.92. The lowest BCUT2D eigenvalue weighted by molar-refractivity contribution is 0.256. The Morgan fingerprint density at radius 2 is 2.00 bits per heavy atom. The largest absolute Gasteiger partial charge is 0.382 e. The fourth-order valence-electron chi connectivity index (χ4n) is 0.407. The molecule has 1 atom stereocenters. The number of aliphatic hydroxyl groups excluding tert-OH is 1. The SMILES string of the molecule is OC(Br)CCCCBr. The van der Waals surface area contributed by atoms with Crippen molar-refractivity contribution in [3.63, 3.8) is 0 Å². The van der Waals surface area contributed by atoms with Crippen LogP contribution in [-0.4, -0.2) is 15.4 Å². The maximum Gasteiger partial charge on any atom is 0.109 e. The molecule has 0 bridgehead atoms. The molecule has 1 N–H and O–H groups in total. The highest BCUT2D eigenvalue weighted by Gasteiger charge is 1.94. The van der Waals surface area contributed by atoms with E-state index in [4.69, 9.17) is 5.11 Å². The predicted octanol–water partition coefficient (Wildman–Crippen LogP) is 2.26. The standard InChI is InChI=1S/C5H10Br2O/c6-4-2-1-3-5(7)8/h5,8H,1-4H2. The van der Waals surface area contributed by atoms with Gasteiger partial charge in [-0.1, -0.05) is 31.9 Å². The second kappa shape index (κ2) is 6.05. The van der Waals surface area contributed by atoms with E-state index in [1.807, 2.05) is 0 Å². The Kier molecular flexibility index (Phi) is 6.74. The van der Waals surface area contributed by atoms with E-state index in [2.05, 4.69) is 31.9 Å². The number of hydrogen-bond donors (Lipinski definition) is 1. The molecule has 0 rings (SSSR count). The highest BCUT2D eigenvalue weighted by atomic mass is 79.9. The van der Waals surface area contributed by atoms with Crippen molar-refractivity contribution in [2.24, 2.45) is 0 Å². The smallest absolute Gasteiger partial charge is 0.109 e. The van der Waals surface area contributed by atoms with Crippen molar-refractivity contribution >= 4 is 31.9 Å². The molecule has 0 aromatic heterocycles. The molecule has 0 aliphatic heterocycles. The zero-order chi connectivity index (χ0) is 6.41. The lowest BCUT2D eigenvalue weighted by atomic mass is 10.3. The van der Waals surface area contributed by atoms with E-state index in [0.717, 1.165) is 24.6 Å². The molecule has 0 spiro atoms. The maximum atomic E-state index is 8.68. The number of halogens is 2. The van der Waals surface area contributed by atoms with Gasteiger partial charge in [-0.25, -0.2) is 0 Å². The zero-order valence-electron chi connectivity index (χ0n) is 4.61. The van der Waals surface area contributed by atoms with Crippen LogP contribution < -0.4 is 0 Å². The van der Waals surface area contributed by atoms with Gasteiger partial charge in [-0.05, 0) is 19.3 Å². The number of aliphatic hydroxyl groups is 1. The van der Waals surface area contributed by atoms with Gasteiger partial charge in [0.15, 0.2) is 0 Å². The first kappa shape index (κ1) is 8.92. The predicted molar refractivity (Wildman–Crippen MR) is 42.6 cm³/mol. The van der Waals surface area contributed by atoms with Crippen LogP contribution in [0.25, 0.3) is 0 Å². The number of hydrogen-bond acceptors (Lipinski definition) is 1. The van der Waals surface area contributed by atoms with Crippen molar-refractivity contribution in [1.82, 2.24) is 0 Å². The van der Waals surface area contributed by atoms with E-state index >= 15 is 0 Å². The topological polar surface area (TPSA) is 20.2 Å². The Labute approximate surface area is 66.7 Å². The van der Waals surface area contributed by atoms with Gasteiger partial charge in [-0.2, -0.15) is 0 Å². The van der Waals surface area contributed by atoms with Crippen molar-refractivity contribution in [2.75, 3.05) is 5.33 Å². The van der Waals surface area contributed by atoms with Crippen LogP contribution in [0.4, 0.5) is 0 Å². The van der Waals surface area contributed by atoms with E-state index in [0.29, 0.717) is 0 Å². The minimum atomic E-state index is -0.304. The van der Waals surface area contributed by atoms with Crippen molar-refractivity contribution in [3.05, 3.63) is 0 Å². The van der Waals surface area contributed by atoms with Crippen molar-refractivity contribution in [1.29, 1.82) is 0 Å². The van der Waals surface area contributed by atoms with Gasteiger partial charge in [0, 0.05) is 5.33 Å². The summed E-state index contributed by atoms with van der Waals surface area (Å²) in [5.74, 6) is 0. The van der Waals surface area contributed by atoms with Crippen LogP contribution in [0.5, 0.6) is 0 Å². The van der Waals surface area contributed by atoms with Crippen molar-refractivity contribution in [2.45, 2.75) is 24.3 Å². The first-order chi connectivity index (χ1) is 3.77. The molecule has 0 aromatic carbocycles. The highest BCUT2D eigenvalue weighted by molar-refractivity contribution is 9.09. The summed E-state index contributed by atoms with van der Waals surface area (Å²) in [7, 11) is 0. The molecule has 0 aliphatic rings. The quantitative estimate of drug-likeness (QED) is 0.595. The first-order valence-electron chi connectivity index (χ1n) is 2.65. The molecule has 0 radical (unpaired) electrons. The number of rotatable bonds is 4. The van der Waals surface area contributed by atoms with Gasteiger partial charge in [0.2, 0.25) is 0 Å². The Morgan fingerprint density at radius 3 is 2.38 bits per heavy atom. The molecule has 1 nitrogen and oxygen atoms in total. The monoisotopic (exact) mass is 244 g/mol. The van der Waals surface area contributed by atoms with Crippen LogP contribution >= 0.6 is 31.9 Å². The summed E-state index contributed by atoms with van der Waals surface area (Å²) >= 11 is 6.35. The van der Waals surface area contributed by atoms with E-state index in [9.17, 15) is 0 Å². The second-order valence-electron chi connectivity index (χ2n) is 1.62. The van der Waals surface area contributed by atoms with Crippen LogP contribution in [0.2, 0.25) is 0 Å². The summed E-state index contributed by atoms with van der Waals surface area (Å²) in [6, 6.07) is 0. The van der Waals surface area contributed by atoms with Crippen LogP contribution in [0.3, 0.4) is 0 Å². The Hall–Kier alpha value is 0.920. The van der Waals surface area contributed by atoms with Gasteiger partial charge in [-0.3, -0.25) is 0 Å². The van der Waals surface area contributed by atoms with E-state index in [1.165, 1.54) is 0 Å². The Balaban J connectivity index is 2.72. The van der Waals surface area contributed by atoms with Crippen LogP contribution in [0.15, 0.2) is 0 Å².